The van der Waals surface area contributed by atoms with Crippen molar-refractivity contribution < 1.29 is 4.39 Å². The second-order valence-corrected chi connectivity index (χ2v) is 8.53. The Kier molecular flexibility index (Phi) is 8.17. The molecule has 0 spiro atoms. The van der Waals surface area contributed by atoms with Crippen LogP contribution in [0.5, 0.6) is 0 Å². The number of nitrogens with one attached hydrogen (secondary N) is 2. The van der Waals surface area contributed by atoms with Gasteiger partial charge in [-0.15, -0.1) is 11.8 Å². The summed E-state index contributed by atoms with van der Waals surface area (Å²) < 4.78 is 13.9. The van der Waals surface area contributed by atoms with Crippen LogP contribution in [-0.2, 0) is 0 Å². The first-order valence-electron chi connectivity index (χ1n) is 9.54. The molecule has 0 aromatic heterocycles. The molecule has 0 saturated carbocycles. The zero-order valence-corrected chi connectivity index (χ0v) is 18.2. The summed E-state index contributed by atoms with van der Waals surface area (Å²) >= 11 is 1.62. The molecule has 0 saturated heterocycles. The summed E-state index contributed by atoms with van der Waals surface area (Å²) in [5.74, 6) is 0.582. The lowest BCUT2D eigenvalue weighted by Gasteiger charge is -2.30. The topological polar surface area (TPSA) is 39.7 Å². The van der Waals surface area contributed by atoms with Gasteiger partial charge < -0.3 is 15.5 Å². The van der Waals surface area contributed by atoms with Crippen molar-refractivity contribution in [1.29, 1.82) is 0 Å². The maximum atomic E-state index is 13.9. The van der Waals surface area contributed by atoms with E-state index < -0.39 is 6.17 Å². The van der Waals surface area contributed by atoms with Gasteiger partial charge in [0.05, 0.1) is 11.1 Å². The minimum atomic E-state index is -0.767. The molecule has 0 radical (unpaired) electrons. The van der Waals surface area contributed by atoms with Gasteiger partial charge in [0.1, 0.15) is 6.17 Å². The van der Waals surface area contributed by atoms with Crippen LogP contribution in [0.25, 0.3) is 0 Å². The smallest absolute Gasteiger partial charge is 0.112 e. The van der Waals surface area contributed by atoms with E-state index in [4.69, 9.17) is 0 Å². The van der Waals surface area contributed by atoms with Gasteiger partial charge in [-0.1, -0.05) is 19.9 Å². The number of thioether (sulfide) groups is 1. The van der Waals surface area contributed by atoms with Crippen LogP contribution in [0.4, 0.5) is 4.39 Å². The summed E-state index contributed by atoms with van der Waals surface area (Å²) in [7, 11) is 4.04. The number of likely N-dealkylation sites (N-methyl/N-ethyl adjacent to an activating group) is 2. The lowest BCUT2D eigenvalue weighted by atomic mass is 10.0. The molecule has 2 aliphatic heterocycles. The van der Waals surface area contributed by atoms with Crippen LogP contribution in [0.1, 0.15) is 27.7 Å². The van der Waals surface area contributed by atoms with Gasteiger partial charge in [-0.25, -0.2) is 4.39 Å². The van der Waals surface area contributed by atoms with Gasteiger partial charge in [-0.2, -0.15) is 0 Å². The number of alkyl halides is 1. The van der Waals surface area contributed by atoms with Crippen molar-refractivity contribution in [3.8, 4) is 0 Å². The van der Waals surface area contributed by atoms with Crippen LogP contribution >= 0.6 is 11.8 Å². The second-order valence-electron chi connectivity index (χ2n) is 7.52. The van der Waals surface area contributed by atoms with Crippen LogP contribution in [0.2, 0.25) is 0 Å². The number of aliphatic imine (C=N–C) groups is 1. The van der Waals surface area contributed by atoms with E-state index in [9.17, 15) is 4.39 Å². The Labute approximate surface area is 167 Å². The van der Waals surface area contributed by atoms with Crippen molar-refractivity contribution in [1.82, 2.24) is 15.5 Å². The molecule has 0 aliphatic carbocycles. The summed E-state index contributed by atoms with van der Waals surface area (Å²) in [5.41, 5.74) is 4.72. The van der Waals surface area contributed by atoms with E-state index >= 15 is 0 Å². The third kappa shape index (κ3) is 5.98. The van der Waals surface area contributed by atoms with Crippen molar-refractivity contribution in [3.05, 3.63) is 46.3 Å². The molecule has 2 rings (SSSR count). The van der Waals surface area contributed by atoms with E-state index in [1.807, 2.05) is 34.0 Å². The number of hydrogen-bond acceptors (Lipinski definition) is 5. The lowest BCUT2D eigenvalue weighted by molar-refractivity contribution is 0.285. The average molecular weight is 393 g/mol. The maximum Gasteiger partial charge on any atom is 0.112 e. The molecule has 0 aromatic rings. The summed E-state index contributed by atoms with van der Waals surface area (Å²) in [6.45, 7) is 9.65. The Morgan fingerprint density at radius 2 is 2.15 bits per heavy atom. The molecular weight excluding hydrogens is 359 g/mol. The minimum Gasteiger partial charge on any atom is -0.387 e. The highest BCUT2D eigenvalue weighted by molar-refractivity contribution is 8.03. The van der Waals surface area contributed by atoms with Crippen LogP contribution in [0.15, 0.2) is 51.3 Å². The number of halogens is 1. The molecule has 0 aromatic carbocycles. The fraction of sp³-hybridized carbons (Fsp3) is 0.571. The Balaban J connectivity index is 1.98. The molecule has 0 bridgehead atoms. The number of rotatable bonds is 8. The molecule has 2 unspecified atom stereocenters. The summed E-state index contributed by atoms with van der Waals surface area (Å²) in [4.78, 5) is 6.61. The third-order valence-corrected chi connectivity index (χ3v) is 6.24. The fourth-order valence-corrected chi connectivity index (χ4v) is 4.43. The minimum absolute atomic E-state index is 0.0682. The highest BCUT2D eigenvalue weighted by Gasteiger charge is 2.19. The van der Waals surface area contributed by atoms with Gasteiger partial charge in [0.2, 0.25) is 0 Å². The van der Waals surface area contributed by atoms with E-state index in [1.165, 1.54) is 16.2 Å². The molecule has 2 heterocycles. The standard InChI is InChI=1S/C21H33FN4S/c1-14(2)19(22)13-27-21-15(3)9-17(12-26(21)6)10-24-11-18-16(4)25-8-7-20(18)23-5/h7-9,11,14,19-20,23-24H,10,12-13H2,1-6H3/b18-11-. The Morgan fingerprint density at radius 1 is 1.41 bits per heavy atom. The highest BCUT2D eigenvalue weighted by Crippen LogP contribution is 2.30. The maximum absolute atomic E-state index is 13.9. The first kappa shape index (κ1) is 21.8. The van der Waals surface area contributed by atoms with Crippen molar-refractivity contribution in [2.75, 3.05) is 32.9 Å². The average Bonchev–Trinajstić information content (AvgIpc) is 2.61. The summed E-state index contributed by atoms with van der Waals surface area (Å²) in [6, 6.07) is 0.192. The lowest BCUT2D eigenvalue weighted by Crippen LogP contribution is -2.32. The number of hydrogen-bond donors (Lipinski definition) is 2. The van der Waals surface area contributed by atoms with Gasteiger partial charge in [-0.3, -0.25) is 4.99 Å². The van der Waals surface area contributed by atoms with Crippen LogP contribution in [0, 0.1) is 5.92 Å². The molecular formula is C21H33FN4S. The predicted molar refractivity (Wildman–Crippen MR) is 117 cm³/mol. The van der Waals surface area contributed by atoms with Crippen molar-refractivity contribution in [2.24, 2.45) is 10.9 Å². The van der Waals surface area contributed by atoms with Crippen molar-refractivity contribution in [3.63, 3.8) is 0 Å². The molecule has 0 amide bonds. The SMILES string of the molecule is CNC1C=CN=C(C)/C1=C/NCC1=CC(C)=C(SCC(F)C(C)C)N(C)C1. The van der Waals surface area contributed by atoms with E-state index in [1.54, 1.807) is 11.8 Å². The molecule has 2 aliphatic rings. The second kappa shape index (κ2) is 10.1. The first-order valence-corrected chi connectivity index (χ1v) is 10.5. The highest BCUT2D eigenvalue weighted by atomic mass is 32.2. The first-order chi connectivity index (χ1) is 12.8. The molecule has 27 heavy (non-hydrogen) atoms. The molecule has 2 atom stereocenters. The summed E-state index contributed by atoms with van der Waals surface area (Å²) in [6.07, 6.45) is 7.43. The van der Waals surface area contributed by atoms with Crippen LogP contribution in [0.3, 0.4) is 0 Å². The Bertz CT molecular complexity index is 676. The van der Waals surface area contributed by atoms with Crippen molar-refractivity contribution >= 4 is 17.5 Å². The summed E-state index contributed by atoms with van der Waals surface area (Å²) in [5, 5.41) is 7.90. The van der Waals surface area contributed by atoms with E-state index in [0.717, 1.165) is 24.4 Å². The van der Waals surface area contributed by atoms with Crippen molar-refractivity contribution in [2.45, 2.75) is 39.9 Å². The molecule has 2 N–H and O–H groups in total. The molecule has 6 heteroatoms. The van der Waals surface area contributed by atoms with E-state index in [0.29, 0.717) is 5.75 Å². The number of allylic oxidation sites excluding steroid dienone is 2. The Hall–Kier alpha value is -1.53. The molecule has 4 nitrogen and oxygen atoms in total. The monoisotopic (exact) mass is 392 g/mol. The largest absolute Gasteiger partial charge is 0.387 e. The molecule has 0 fully saturated rings. The molecule has 150 valence electrons. The predicted octanol–water partition coefficient (Wildman–Crippen LogP) is 3.87. The zero-order chi connectivity index (χ0) is 20.0. The van der Waals surface area contributed by atoms with E-state index in [2.05, 4.69) is 52.8 Å². The van der Waals surface area contributed by atoms with Gasteiger partial charge >= 0.3 is 0 Å². The number of nitrogens with zero attached hydrogens (tertiary/aromatic N) is 2. The van der Waals surface area contributed by atoms with Crippen LogP contribution < -0.4 is 10.6 Å². The van der Waals surface area contributed by atoms with Gasteiger partial charge in [0.25, 0.3) is 0 Å². The quantitative estimate of drug-likeness (QED) is 0.658. The Morgan fingerprint density at radius 3 is 2.78 bits per heavy atom. The van der Waals surface area contributed by atoms with Gasteiger partial charge in [0, 0.05) is 49.6 Å². The van der Waals surface area contributed by atoms with Gasteiger partial charge in [0.15, 0.2) is 0 Å². The zero-order valence-electron chi connectivity index (χ0n) is 17.3. The normalized spacial score (nSPS) is 23.0. The van der Waals surface area contributed by atoms with E-state index in [-0.39, 0.29) is 12.0 Å². The van der Waals surface area contributed by atoms with Gasteiger partial charge in [-0.05, 0) is 44.0 Å². The van der Waals surface area contributed by atoms with Crippen LogP contribution in [-0.4, -0.2) is 55.8 Å². The third-order valence-electron chi connectivity index (χ3n) is 4.84. The fourth-order valence-electron chi connectivity index (χ4n) is 3.16.